The number of benzene rings is 1. The van der Waals surface area contributed by atoms with Crippen LogP contribution in [0.3, 0.4) is 0 Å². The molecule has 3 heteroatoms. The Bertz CT molecular complexity index is 428. The first kappa shape index (κ1) is 9.93. The number of nitrogens with one attached hydrogen (secondary N) is 1. The van der Waals surface area contributed by atoms with E-state index in [0.29, 0.717) is 0 Å². The van der Waals surface area contributed by atoms with Gasteiger partial charge in [-0.1, -0.05) is 29.3 Å². The number of aliphatic hydroxyl groups is 1. The lowest BCUT2D eigenvalue weighted by atomic mass is 10.0. The van der Waals surface area contributed by atoms with Crippen LogP contribution in [0.4, 0.5) is 0 Å². The summed E-state index contributed by atoms with van der Waals surface area (Å²) in [5.41, 5.74) is 4.02. The molecule has 2 aromatic rings. The van der Waals surface area contributed by atoms with Gasteiger partial charge in [0.05, 0.1) is 6.20 Å². The van der Waals surface area contributed by atoms with Crippen molar-refractivity contribution in [2.45, 2.75) is 20.0 Å². The van der Waals surface area contributed by atoms with E-state index in [9.17, 15) is 5.11 Å². The fraction of sp³-hybridized carbons (Fsp3) is 0.250. The topological polar surface area (TPSA) is 48.9 Å². The highest BCUT2D eigenvalue weighted by molar-refractivity contribution is 5.33. The Morgan fingerprint density at radius 1 is 1.13 bits per heavy atom. The fourth-order valence-corrected chi connectivity index (χ4v) is 1.77. The summed E-state index contributed by atoms with van der Waals surface area (Å²) in [6.07, 6.45) is 2.76. The van der Waals surface area contributed by atoms with E-state index in [-0.39, 0.29) is 0 Å². The molecule has 1 unspecified atom stereocenters. The largest absolute Gasteiger partial charge is 0.384 e. The van der Waals surface area contributed by atoms with Crippen LogP contribution in [0.2, 0.25) is 0 Å². The molecule has 3 nitrogen and oxygen atoms in total. The number of H-pyrrole nitrogens is 1. The van der Waals surface area contributed by atoms with Crippen LogP contribution in [-0.2, 0) is 0 Å². The van der Waals surface area contributed by atoms with Crippen molar-refractivity contribution >= 4 is 0 Å². The summed E-state index contributed by atoms with van der Waals surface area (Å²) in [5, 5.41) is 16.6. The molecule has 0 aliphatic heterocycles. The molecule has 1 aromatic carbocycles. The maximum Gasteiger partial charge on any atom is 0.107 e. The predicted octanol–water partition coefficient (Wildman–Crippen LogP) is 2.11. The monoisotopic (exact) mass is 202 g/mol. The van der Waals surface area contributed by atoms with E-state index in [0.717, 1.165) is 22.3 Å². The van der Waals surface area contributed by atoms with Crippen molar-refractivity contribution in [3.05, 3.63) is 52.8 Å². The van der Waals surface area contributed by atoms with Crippen molar-refractivity contribution in [2.75, 3.05) is 0 Å². The van der Waals surface area contributed by atoms with Gasteiger partial charge >= 0.3 is 0 Å². The molecule has 0 fully saturated rings. The average molecular weight is 202 g/mol. The lowest BCUT2D eigenvalue weighted by Crippen LogP contribution is -1.99. The Morgan fingerprint density at radius 3 is 2.33 bits per heavy atom. The molecule has 0 aliphatic rings. The molecule has 2 rings (SSSR count). The van der Waals surface area contributed by atoms with Gasteiger partial charge < -0.3 is 5.11 Å². The highest BCUT2D eigenvalue weighted by Gasteiger charge is 2.11. The lowest BCUT2D eigenvalue weighted by Gasteiger charge is -2.10. The summed E-state index contributed by atoms with van der Waals surface area (Å²) < 4.78 is 0. The van der Waals surface area contributed by atoms with Gasteiger partial charge in [-0.25, -0.2) is 0 Å². The third kappa shape index (κ3) is 2.07. The van der Waals surface area contributed by atoms with Crippen LogP contribution < -0.4 is 0 Å². The minimum Gasteiger partial charge on any atom is -0.384 e. The van der Waals surface area contributed by atoms with Gasteiger partial charge in [-0.2, -0.15) is 5.10 Å². The van der Waals surface area contributed by atoms with Crippen molar-refractivity contribution in [3.63, 3.8) is 0 Å². The van der Waals surface area contributed by atoms with E-state index in [1.54, 1.807) is 12.4 Å². The molecule has 15 heavy (non-hydrogen) atoms. The summed E-state index contributed by atoms with van der Waals surface area (Å²) in [4.78, 5) is 0. The first-order valence-electron chi connectivity index (χ1n) is 4.92. The van der Waals surface area contributed by atoms with E-state index in [1.165, 1.54) is 0 Å². The van der Waals surface area contributed by atoms with Gasteiger partial charge in [0, 0.05) is 11.8 Å². The Morgan fingerprint density at radius 2 is 1.80 bits per heavy atom. The number of aromatic nitrogens is 2. The Kier molecular flexibility index (Phi) is 2.56. The van der Waals surface area contributed by atoms with Gasteiger partial charge in [0.25, 0.3) is 0 Å². The molecule has 1 atom stereocenters. The Balaban J connectivity index is 2.37. The lowest BCUT2D eigenvalue weighted by molar-refractivity contribution is 0.220. The predicted molar refractivity (Wildman–Crippen MR) is 58.6 cm³/mol. The zero-order valence-corrected chi connectivity index (χ0v) is 8.86. The zero-order valence-electron chi connectivity index (χ0n) is 8.86. The second-order valence-corrected chi connectivity index (χ2v) is 3.86. The van der Waals surface area contributed by atoms with Crippen LogP contribution in [0.15, 0.2) is 30.6 Å². The minimum atomic E-state index is -0.595. The first-order valence-corrected chi connectivity index (χ1v) is 4.92. The van der Waals surface area contributed by atoms with Crippen LogP contribution in [0.25, 0.3) is 0 Å². The normalized spacial score (nSPS) is 12.7. The average Bonchev–Trinajstić information content (AvgIpc) is 2.67. The molecular formula is C12H14N2O. The number of aryl methyl sites for hydroxylation is 2. The standard InChI is InChI=1S/C12H14N2O/c1-8-3-9(2)5-10(4-8)12(15)11-6-13-14-7-11/h3-7,12,15H,1-2H3,(H,13,14). The van der Waals surface area contributed by atoms with Gasteiger partial charge in [0.15, 0.2) is 0 Å². The Labute approximate surface area is 88.8 Å². The Hall–Kier alpha value is -1.61. The van der Waals surface area contributed by atoms with E-state index < -0.39 is 6.10 Å². The third-order valence-corrected chi connectivity index (χ3v) is 2.39. The van der Waals surface area contributed by atoms with Crippen molar-refractivity contribution in [1.82, 2.24) is 10.2 Å². The number of aromatic amines is 1. The number of hydrogen-bond acceptors (Lipinski definition) is 2. The summed E-state index contributed by atoms with van der Waals surface area (Å²) >= 11 is 0. The van der Waals surface area contributed by atoms with Crippen molar-refractivity contribution in [3.8, 4) is 0 Å². The molecule has 1 aromatic heterocycles. The van der Waals surface area contributed by atoms with Gasteiger partial charge in [0.2, 0.25) is 0 Å². The van der Waals surface area contributed by atoms with E-state index >= 15 is 0 Å². The van der Waals surface area contributed by atoms with Crippen molar-refractivity contribution in [1.29, 1.82) is 0 Å². The second kappa shape index (κ2) is 3.87. The van der Waals surface area contributed by atoms with Crippen LogP contribution >= 0.6 is 0 Å². The summed E-state index contributed by atoms with van der Waals surface area (Å²) in [7, 11) is 0. The number of nitrogens with zero attached hydrogens (tertiary/aromatic N) is 1. The van der Waals surface area contributed by atoms with E-state index in [4.69, 9.17) is 0 Å². The van der Waals surface area contributed by atoms with Crippen LogP contribution in [0.1, 0.15) is 28.4 Å². The van der Waals surface area contributed by atoms with Crippen LogP contribution in [0.5, 0.6) is 0 Å². The molecule has 0 saturated heterocycles. The van der Waals surface area contributed by atoms with Crippen molar-refractivity contribution < 1.29 is 5.11 Å². The molecule has 0 amide bonds. The SMILES string of the molecule is Cc1cc(C)cc(C(O)c2cn[nH]c2)c1. The molecule has 2 N–H and O–H groups in total. The van der Waals surface area contributed by atoms with Gasteiger partial charge in [-0.05, 0) is 19.4 Å². The molecule has 0 spiro atoms. The maximum atomic E-state index is 10.1. The molecule has 78 valence electrons. The van der Waals surface area contributed by atoms with E-state index in [2.05, 4.69) is 16.3 Å². The molecule has 0 bridgehead atoms. The molecule has 0 aliphatic carbocycles. The summed E-state index contributed by atoms with van der Waals surface area (Å²) in [6, 6.07) is 6.07. The zero-order chi connectivity index (χ0) is 10.8. The van der Waals surface area contributed by atoms with E-state index in [1.807, 2.05) is 26.0 Å². The van der Waals surface area contributed by atoms with Crippen LogP contribution in [-0.4, -0.2) is 15.3 Å². The number of aliphatic hydroxyl groups excluding tert-OH is 1. The second-order valence-electron chi connectivity index (χ2n) is 3.86. The van der Waals surface area contributed by atoms with Gasteiger partial charge in [0.1, 0.15) is 6.10 Å². The number of hydrogen-bond donors (Lipinski definition) is 2. The quantitative estimate of drug-likeness (QED) is 0.783. The van der Waals surface area contributed by atoms with Gasteiger partial charge in [-0.15, -0.1) is 0 Å². The highest BCUT2D eigenvalue weighted by Crippen LogP contribution is 2.22. The molecule has 0 radical (unpaired) electrons. The van der Waals surface area contributed by atoms with Crippen molar-refractivity contribution in [2.24, 2.45) is 0 Å². The summed E-state index contributed by atoms with van der Waals surface area (Å²) in [5.74, 6) is 0. The maximum absolute atomic E-state index is 10.1. The van der Waals surface area contributed by atoms with Crippen LogP contribution in [0, 0.1) is 13.8 Å². The minimum absolute atomic E-state index is 0.595. The smallest absolute Gasteiger partial charge is 0.107 e. The summed E-state index contributed by atoms with van der Waals surface area (Å²) in [6.45, 7) is 4.05. The molecule has 1 heterocycles. The fourth-order valence-electron chi connectivity index (χ4n) is 1.77. The molecular weight excluding hydrogens is 188 g/mol. The van der Waals surface area contributed by atoms with Gasteiger partial charge in [-0.3, -0.25) is 5.10 Å². The number of rotatable bonds is 2. The third-order valence-electron chi connectivity index (χ3n) is 2.39. The molecule has 0 saturated carbocycles. The highest BCUT2D eigenvalue weighted by atomic mass is 16.3. The first-order chi connectivity index (χ1) is 7.16.